The first-order valence-corrected chi connectivity index (χ1v) is 13.6. The Morgan fingerprint density at radius 3 is 2.30 bits per heavy atom. The average Bonchev–Trinajstić information content (AvgIpc) is 3.20. The Morgan fingerprint density at radius 1 is 0.919 bits per heavy atom. The highest BCUT2D eigenvalue weighted by molar-refractivity contribution is 5.76. The fraction of sp³-hybridized carbons (Fsp3) is 0.594. The van der Waals surface area contributed by atoms with E-state index in [1.54, 1.807) is 21.3 Å². The Hall–Kier alpha value is -2.53. The zero-order valence-corrected chi connectivity index (χ0v) is 23.4. The Labute approximate surface area is 221 Å². The van der Waals surface area contributed by atoms with Crippen molar-refractivity contribution in [3.8, 4) is 11.5 Å². The van der Waals surface area contributed by atoms with Crippen LogP contribution in [0.25, 0.3) is 0 Å². The molecule has 3 aliphatic carbocycles. The molecule has 0 saturated heterocycles. The van der Waals surface area contributed by atoms with Gasteiger partial charge >= 0.3 is 5.97 Å². The summed E-state index contributed by atoms with van der Waals surface area (Å²) in [5.41, 5.74) is 3.62. The molecule has 0 heterocycles. The van der Waals surface area contributed by atoms with E-state index in [-0.39, 0.29) is 28.3 Å². The van der Waals surface area contributed by atoms with Crippen molar-refractivity contribution < 1.29 is 23.7 Å². The summed E-state index contributed by atoms with van der Waals surface area (Å²) in [6.45, 7) is 9.57. The predicted octanol–water partition coefficient (Wildman–Crippen LogP) is 6.67. The van der Waals surface area contributed by atoms with Gasteiger partial charge in [-0.1, -0.05) is 58.0 Å². The molecule has 0 amide bonds. The second kappa shape index (κ2) is 9.34. The maximum absolute atomic E-state index is 13.3. The lowest BCUT2D eigenvalue weighted by molar-refractivity contribution is -0.193. The van der Waals surface area contributed by atoms with Crippen LogP contribution in [0.3, 0.4) is 0 Å². The maximum Gasteiger partial charge on any atom is 0.340 e. The van der Waals surface area contributed by atoms with Crippen molar-refractivity contribution in [3.05, 3.63) is 59.2 Å². The van der Waals surface area contributed by atoms with Crippen LogP contribution in [0.2, 0.25) is 0 Å². The lowest BCUT2D eigenvalue weighted by atomic mass is 9.43. The highest BCUT2D eigenvalue weighted by atomic mass is 16.6. The first-order chi connectivity index (χ1) is 17.6. The molecule has 37 heavy (non-hydrogen) atoms. The summed E-state index contributed by atoms with van der Waals surface area (Å²) in [5, 5.41) is 0. The third kappa shape index (κ3) is 3.96. The molecule has 0 aromatic heterocycles. The zero-order valence-electron chi connectivity index (χ0n) is 23.4. The van der Waals surface area contributed by atoms with E-state index < -0.39 is 6.10 Å². The van der Waals surface area contributed by atoms with Crippen LogP contribution < -0.4 is 9.47 Å². The molecule has 2 fully saturated rings. The summed E-state index contributed by atoms with van der Waals surface area (Å²) < 4.78 is 23.4. The molecule has 5 nitrogen and oxygen atoms in total. The first kappa shape index (κ1) is 26.1. The summed E-state index contributed by atoms with van der Waals surface area (Å²) in [6.07, 6.45) is 4.30. The van der Waals surface area contributed by atoms with Gasteiger partial charge in [-0.3, -0.25) is 0 Å². The van der Waals surface area contributed by atoms with E-state index in [1.807, 2.05) is 36.4 Å². The minimum absolute atomic E-state index is 0.0618. The van der Waals surface area contributed by atoms with Gasteiger partial charge in [0.05, 0.1) is 14.2 Å². The predicted molar refractivity (Wildman–Crippen MR) is 144 cm³/mol. The van der Waals surface area contributed by atoms with Gasteiger partial charge in [0, 0.05) is 29.6 Å². The molecule has 6 atom stereocenters. The zero-order chi connectivity index (χ0) is 26.6. The molecule has 0 N–H and O–H groups in total. The Morgan fingerprint density at radius 2 is 1.65 bits per heavy atom. The van der Waals surface area contributed by atoms with E-state index in [1.165, 1.54) is 11.1 Å². The van der Waals surface area contributed by atoms with E-state index in [0.29, 0.717) is 11.8 Å². The highest BCUT2D eigenvalue weighted by Gasteiger charge is 2.64. The van der Waals surface area contributed by atoms with E-state index >= 15 is 0 Å². The molecule has 2 unspecified atom stereocenters. The fourth-order valence-corrected chi connectivity index (χ4v) is 8.65. The van der Waals surface area contributed by atoms with Gasteiger partial charge < -0.3 is 18.9 Å². The van der Waals surface area contributed by atoms with E-state index in [2.05, 4.69) is 33.8 Å². The number of ether oxygens (including phenoxy) is 4. The van der Waals surface area contributed by atoms with Crippen LogP contribution in [-0.2, 0) is 26.1 Å². The SMILES string of the molecule is COc1cc2c(c(OC)c1)[C@]1(C)CCC3C(C)(C)[C@@H](OC(=O)[C@@H](OC)c4ccccc4)CCC3(C)[C@H]1C2. The third-order valence-corrected chi connectivity index (χ3v) is 10.4. The van der Waals surface area contributed by atoms with Gasteiger partial charge in [-0.25, -0.2) is 4.79 Å². The summed E-state index contributed by atoms with van der Waals surface area (Å²) >= 11 is 0. The second-order valence-electron chi connectivity index (χ2n) is 12.4. The number of benzene rings is 2. The van der Waals surface area contributed by atoms with Gasteiger partial charge in [0.1, 0.15) is 17.6 Å². The number of carbonyl (C=O) groups excluding carboxylic acids is 1. The van der Waals surface area contributed by atoms with Crippen LogP contribution in [0.5, 0.6) is 11.5 Å². The van der Waals surface area contributed by atoms with Gasteiger partial charge in [0.2, 0.25) is 0 Å². The van der Waals surface area contributed by atoms with Gasteiger partial charge in [-0.05, 0) is 66.5 Å². The van der Waals surface area contributed by atoms with Crippen LogP contribution in [0.1, 0.15) is 76.2 Å². The molecule has 0 radical (unpaired) electrons. The van der Waals surface area contributed by atoms with Crippen molar-refractivity contribution in [2.75, 3.05) is 21.3 Å². The van der Waals surface area contributed by atoms with Crippen molar-refractivity contribution in [1.82, 2.24) is 0 Å². The number of methoxy groups -OCH3 is 3. The quantitative estimate of drug-likeness (QED) is 0.410. The number of hydrogen-bond donors (Lipinski definition) is 0. The third-order valence-electron chi connectivity index (χ3n) is 10.4. The summed E-state index contributed by atoms with van der Waals surface area (Å²) in [4.78, 5) is 13.3. The average molecular weight is 507 g/mol. The molecule has 0 bridgehead atoms. The van der Waals surface area contributed by atoms with Crippen LogP contribution in [-0.4, -0.2) is 33.4 Å². The molecule has 0 aliphatic heterocycles. The van der Waals surface area contributed by atoms with E-state index in [0.717, 1.165) is 49.2 Å². The number of rotatable bonds is 6. The van der Waals surface area contributed by atoms with Crippen LogP contribution >= 0.6 is 0 Å². The Balaban J connectivity index is 1.42. The summed E-state index contributed by atoms with van der Waals surface area (Å²) in [6, 6.07) is 13.9. The van der Waals surface area contributed by atoms with Gasteiger partial charge in [0.15, 0.2) is 6.10 Å². The fourth-order valence-electron chi connectivity index (χ4n) is 8.65. The van der Waals surface area contributed by atoms with E-state index in [9.17, 15) is 4.79 Å². The van der Waals surface area contributed by atoms with E-state index in [4.69, 9.17) is 18.9 Å². The molecule has 5 heteroatoms. The molecular weight excluding hydrogens is 464 g/mol. The van der Waals surface area contributed by atoms with Crippen molar-refractivity contribution in [3.63, 3.8) is 0 Å². The second-order valence-corrected chi connectivity index (χ2v) is 12.4. The smallest absolute Gasteiger partial charge is 0.340 e. The maximum atomic E-state index is 13.3. The Kier molecular flexibility index (Phi) is 6.59. The molecular formula is C32H42O5. The van der Waals surface area contributed by atoms with Gasteiger partial charge in [-0.15, -0.1) is 0 Å². The molecule has 2 aromatic carbocycles. The number of esters is 1. The molecule has 3 aliphatic rings. The number of hydrogen-bond acceptors (Lipinski definition) is 5. The molecule has 5 rings (SSSR count). The largest absolute Gasteiger partial charge is 0.497 e. The van der Waals surface area contributed by atoms with Crippen LogP contribution in [0.15, 0.2) is 42.5 Å². The summed E-state index contributed by atoms with van der Waals surface area (Å²) in [7, 11) is 5.06. The van der Waals surface area contributed by atoms with Crippen LogP contribution in [0, 0.1) is 22.7 Å². The molecule has 0 spiro atoms. The molecule has 2 aromatic rings. The lowest BCUT2D eigenvalue weighted by Crippen LogP contribution is -2.59. The van der Waals surface area contributed by atoms with Gasteiger partial charge in [-0.2, -0.15) is 0 Å². The Bertz CT molecular complexity index is 1160. The minimum Gasteiger partial charge on any atom is -0.497 e. The van der Waals surface area contributed by atoms with Gasteiger partial charge in [0.25, 0.3) is 0 Å². The van der Waals surface area contributed by atoms with Crippen molar-refractivity contribution in [2.24, 2.45) is 22.7 Å². The number of fused-ring (bicyclic) bond motifs is 5. The normalized spacial score (nSPS) is 32.5. The van der Waals surface area contributed by atoms with Crippen molar-refractivity contribution >= 4 is 5.97 Å². The molecule has 200 valence electrons. The lowest BCUT2D eigenvalue weighted by Gasteiger charge is -2.62. The standard InChI is InChI=1S/C32H42O5/c1-30(2)24-13-15-32(4)25(18-21-17-22(34-5)19-23(35-6)27(21)32)31(24,3)16-14-26(30)37-29(33)28(36-7)20-11-9-8-10-12-20/h8-12,17,19,24-26,28H,13-16,18H2,1-7H3/t24?,25-,26+,28+,31?,32-/m1/s1. The monoisotopic (exact) mass is 506 g/mol. The minimum atomic E-state index is -0.702. The molecule has 2 saturated carbocycles. The highest BCUT2D eigenvalue weighted by Crippen LogP contribution is 2.69. The first-order valence-electron chi connectivity index (χ1n) is 13.6. The van der Waals surface area contributed by atoms with Crippen LogP contribution in [0.4, 0.5) is 0 Å². The van der Waals surface area contributed by atoms with Crippen molar-refractivity contribution in [2.45, 2.75) is 77.4 Å². The summed E-state index contributed by atoms with van der Waals surface area (Å²) in [5.74, 6) is 2.48. The topological polar surface area (TPSA) is 54.0 Å². The van der Waals surface area contributed by atoms with Crippen molar-refractivity contribution in [1.29, 1.82) is 0 Å². The number of carbonyl (C=O) groups is 1.